The van der Waals surface area contributed by atoms with Crippen LogP contribution in [0.3, 0.4) is 0 Å². The van der Waals surface area contributed by atoms with Crippen LogP contribution in [0.5, 0.6) is 0 Å². The lowest BCUT2D eigenvalue weighted by Crippen LogP contribution is -2.52. The van der Waals surface area contributed by atoms with E-state index in [2.05, 4.69) is 0 Å². The van der Waals surface area contributed by atoms with Crippen molar-refractivity contribution < 1.29 is 18.0 Å². The van der Waals surface area contributed by atoms with Gasteiger partial charge in [0.05, 0.1) is 5.92 Å². The number of fused-ring (bicyclic) bond motifs is 2. The number of nitrogens with zero attached hydrogens (tertiary/aromatic N) is 1. The smallest absolute Gasteiger partial charge is 0.330 e. The van der Waals surface area contributed by atoms with E-state index in [4.69, 9.17) is 5.73 Å². The van der Waals surface area contributed by atoms with Gasteiger partial charge in [0.25, 0.3) is 0 Å². The summed E-state index contributed by atoms with van der Waals surface area (Å²) >= 11 is 0. The fourth-order valence-electron chi connectivity index (χ4n) is 4.34. The maximum absolute atomic E-state index is 12.9. The second kappa shape index (κ2) is 5.14. The SMILES string of the molecule is CC(C1CC1)N(CC(F)(F)F)C(=O)C1C2CCC(C2)C1N. The predicted molar refractivity (Wildman–Crippen MR) is 72.3 cm³/mol. The van der Waals surface area contributed by atoms with Crippen LogP contribution in [0, 0.1) is 23.7 Å². The summed E-state index contributed by atoms with van der Waals surface area (Å²) in [5.41, 5.74) is 6.13. The Labute approximate surface area is 123 Å². The molecule has 0 heterocycles. The third-order valence-corrected chi connectivity index (χ3v) is 5.69. The summed E-state index contributed by atoms with van der Waals surface area (Å²) in [6.07, 6.45) is 0.367. The van der Waals surface area contributed by atoms with Gasteiger partial charge < -0.3 is 10.6 Å². The number of rotatable bonds is 4. The molecule has 2 bridgehead atoms. The molecule has 6 heteroatoms. The van der Waals surface area contributed by atoms with Gasteiger partial charge in [-0.25, -0.2) is 0 Å². The van der Waals surface area contributed by atoms with Crippen LogP contribution in [0.2, 0.25) is 0 Å². The maximum Gasteiger partial charge on any atom is 0.406 e. The minimum absolute atomic E-state index is 0.194. The monoisotopic (exact) mass is 304 g/mol. The second-order valence-corrected chi connectivity index (χ2v) is 7.10. The van der Waals surface area contributed by atoms with E-state index < -0.39 is 18.6 Å². The lowest BCUT2D eigenvalue weighted by molar-refractivity contribution is -0.170. The average molecular weight is 304 g/mol. The predicted octanol–water partition coefficient (Wildman–Crippen LogP) is 2.55. The number of amides is 1. The molecule has 3 aliphatic carbocycles. The Morgan fingerprint density at radius 3 is 2.33 bits per heavy atom. The molecule has 5 atom stereocenters. The largest absolute Gasteiger partial charge is 0.406 e. The van der Waals surface area contributed by atoms with Crippen molar-refractivity contribution in [3.05, 3.63) is 0 Å². The van der Waals surface area contributed by atoms with Crippen molar-refractivity contribution in [2.75, 3.05) is 6.54 Å². The third kappa shape index (κ3) is 2.91. The van der Waals surface area contributed by atoms with Crippen molar-refractivity contribution >= 4 is 5.91 Å². The first-order valence-electron chi connectivity index (χ1n) is 7.90. The molecule has 3 saturated carbocycles. The molecule has 0 saturated heterocycles. The quantitative estimate of drug-likeness (QED) is 0.867. The van der Waals surface area contributed by atoms with E-state index in [0.717, 1.165) is 37.0 Å². The van der Waals surface area contributed by atoms with Crippen LogP contribution in [0.15, 0.2) is 0 Å². The van der Waals surface area contributed by atoms with Gasteiger partial charge in [-0.3, -0.25) is 4.79 Å². The minimum atomic E-state index is -4.35. The molecule has 21 heavy (non-hydrogen) atoms. The number of halogens is 3. The Kier molecular flexibility index (Phi) is 3.71. The average Bonchev–Trinajstić information content (AvgIpc) is 3.06. The molecule has 5 unspecified atom stereocenters. The van der Waals surface area contributed by atoms with Crippen molar-refractivity contribution in [3.63, 3.8) is 0 Å². The Hall–Kier alpha value is -0.780. The van der Waals surface area contributed by atoms with E-state index in [1.54, 1.807) is 6.92 Å². The van der Waals surface area contributed by atoms with Crippen LogP contribution in [-0.2, 0) is 4.79 Å². The molecule has 3 aliphatic rings. The highest BCUT2D eigenvalue weighted by Gasteiger charge is 2.52. The fraction of sp³-hybridized carbons (Fsp3) is 0.933. The zero-order valence-corrected chi connectivity index (χ0v) is 12.3. The highest BCUT2D eigenvalue weighted by molar-refractivity contribution is 5.81. The van der Waals surface area contributed by atoms with Gasteiger partial charge in [-0.15, -0.1) is 0 Å². The van der Waals surface area contributed by atoms with Gasteiger partial charge in [0.2, 0.25) is 5.91 Å². The minimum Gasteiger partial charge on any atom is -0.330 e. The van der Waals surface area contributed by atoms with Crippen molar-refractivity contribution in [3.8, 4) is 0 Å². The van der Waals surface area contributed by atoms with E-state index >= 15 is 0 Å². The number of carbonyl (C=O) groups excluding carboxylic acids is 1. The number of hydrogen-bond donors (Lipinski definition) is 1. The van der Waals surface area contributed by atoms with E-state index in [-0.39, 0.29) is 29.8 Å². The molecule has 2 N–H and O–H groups in total. The summed E-state index contributed by atoms with van der Waals surface area (Å²) in [7, 11) is 0. The highest BCUT2D eigenvalue weighted by atomic mass is 19.4. The summed E-state index contributed by atoms with van der Waals surface area (Å²) in [6.45, 7) is 0.615. The van der Waals surface area contributed by atoms with Crippen LogP contribution in [-0.4, -0.2) is 35.6 Å². The Morgan fingerprint density at radius 2 is 1.86 bits per heavy atom. The zero-order valence-electron chi connectivity index (χ0n) is 12.3. The zero-order chi connectivity index (χ0) is 15.4. The summed E-state index contributed by atoms with van der Waals surface area (Å²) in [5, 5.41) is 0. The van der Waals surface area contributed by atoms with Crippen molar-refractivity contribution in [1.29, 1.82) is 0 Å². The lowest BCUT2D eigenvalue weighted by Gasteiger charge is -2.36. The molecule has 3 fully saturated rings. The molecular formula is C15H23F3N2O. The summed E-state index contributed by atoms with van der Waals surface area (Å²) < 4.78 is 38.6. The van der Waals surface area contributed by atoms with Crippen molar-refractivity contribution in [2.45, 2.75) is 57.3 Å². The van der Waals surface area contributed by atoms with Crippen molar-refractivity contribution in [1.82, 2.24) is 4.90 Å². The topological polar surface area (TPSA) is 46.3 Å². The summed E-state index contributed by atoms with van der Waals surface area (Å²) in [4.78, 5) is 13.8. The van der Waals surface area contributed by atoms with Gasteiger partial charge in [-0.1, -0.05) is 0 Å². The first kappa shape index (κ1) is 15.1. The van der Waals surface area contributed by atoms with Crippen LogP contribution in [0.4, 0.5) is 13.2 Å². The molecule has 0 radical (unpaired) electrons. The van der Waals surface area contributed by atoms with Gasteiger partial charge in [-0.2, -0.15) is 13.2 Å². The maximum atomic E-state index is 12.9. The summed E-state index contributed by atoms with van der Waals surface area (Å²) in [5.74, 6) is -0.00241. The number of carbonyl (C=O) groups is 1. The van der Waals surface area contributed by atoms with Gasteiger partial charge in [0.1, 0.15) is 6.54 Å². The fourth-order valence-corrected chi connectivity index (χ4v) is 4.34. The molecule has 120 valence electrons. The van der Waals surface area contributed by atoms with Crippen LogP contribution in [0.1, 0.15) is 39.0 Å². The normalized spacial score (nSPS) is 36.8. The molecule has 3 rings (SSSR count). The van der Waals surface area contributed by atoms with Gasteiger partial charge in [0.15, 0.2) is 0 Å². The number of nitrogens with two attached hydrogens (primary N) is 1. The first-order chi connectivity index (χ1) is 9.78. The highest BCUT2D eigenvalue weighted by Crippen LogP contribution is 2.49. The summed E-state index contributed by atoms with van der Waals surface area (Å²) in [6, 6.07) is -0.580. The molecule has 0 aromatic heterocycles. The third-order valence-electron chi connectivity index (χ3n) is 5.69. The Morgan fingerprint density at radius 1 is 1.24 bits per heavy atom. The van der Waals surface area contributed by atoms with E-state index in [1.807, 2.05) is 0 Å². The molecular weight excluding hydrogens is 281 g/mol. The standard InChI is InChI=1S/C15H23F3N2O/c1-8(9-2-3-9)20(7-15(16,17)18)14(21)12-10-4-5-11(6-10)13(12)19/h8-13H,2-7,19H2,1H3. The molecule has 0 aromatic rings. The molecule has 3 nitrogen and oxygen atoms in total. The van der Waals surface area contributed by atoms with E-state index in [0.29, 0.717) is 5.92 Å². The Balaban J connectivity index is 1.77. The molecule has 0 spiro atoms. The Bertz CT molecular complexity index is 420. The lowest BCUT2D eigenvalue weighted by atomic mass is 9.83. The van der Waals surface area contributed by atoms with Gasteiger partial charge in [0, 0.05) is 12.1 Å². The first-order valence-corrected chi connectivity index (χ1v) is 7.90. The number of hydrogen-bond acceptors (Lipinski definition) is 2. The number of alkyl halides is 3. The van der Waals surface area contributed by atoms with Crippen LogP contribution in [0.25, 0.3) is 0 Å². The van der Waals surface area contributed by atoms with E-state index in [9.17, 15) is 18.0 Å². The van der Waals surface area contributed by atoms with Gasteiger partial charge in [-0.05, 0) is 56.8 Å². The van der Waals surface area contributed by atoms with Crippen molar-refractivity contribution in [2.24, 2.45) is 29.4 Å². The molecule has 1 amide bonds. The van der Waals surface area contributed by atoms with E-state index in [1.165, 1.54) is 0 Å². The molecule has 0 aliphatic heterocycles. The van der Waals surface area contributed by atoms with Gasteiger partial charge >= 0.3 is 6.18 Å². The van der Waals surface area contributed by atoms with Crippen LogP contribution >= 0.6 is 0 Å². The second-order valence-electron chi connectivity index (χ2n) is 7.10. The van der Waals surface area contributed by atoms with Crippen LogP contribution < -0.4 is 5.73 Å². The molecule has 0 aromatic carbocycles.